The Morgan fingerprint density at radius 3 is 3.00 bits per heavy atom. The number of para-hydroxylation sites is 1. The van der Waals surface area contributed by atoms with Gasteiger partial charge in [-0.05, 0) is 6.07 Å². The van der Waals surface area contributed by atoms with Crippen LogP contribution in [0, 0.1) is 0 Å². The van der Waals surface area contributed by atoms with E-state index in [9.17, 15) is 0 Å². The number of nitrogens with two attached hydrogens (primary N) is 1. The van der Waals surface area contributed by atoms with Crippen molar-refractivity contribution in [1.29, 1.82) is 0 Å². The number of fused-ring (bicyclic) bond motifs is 1. The Hall–Kier alpha value is -1.76. The molecule has 3 N–H and O–H groups in total. The molecule has 3 aromatic rings. The molecule has 0 aliphatic rings. The standard InChI is InChI=1S/C13H15N5S/c1-18-12-5-3-2-4-9(12)10(17-18)6-11(16-14)13-7-15-8-19-13/h2-5,7-8,11,16H,6,14H2,1H3. The minimum Gasteiger partial charge on any atom is -0.271 e. The molecule has 1 aromatic carbocycles. The molecule has 3 rings (SSSR count). The van der Waals surface area contributed by atoms with Crippen molar-refractivity contribution in [2.24, 2.45) is 12.9 Å². The smallest absolute Gasteiger partial charge is 0.0794 e. The largest absolute Gasteiger partial charge is 0.271 e. The third kappa shape index (κ3) is 2.25. The Labute approximate surface area is 115 Å². The quantitative estimate of drug-likeness (QED) is 0.561. The van der Waals surface area contributed by atoms with Crippen LogP contribution in [0.3, 0.4) is 0 Å². The Morgan fingerprint density at radius 2 is 2.26 bits per heavy atom. The van der Waals surface area contributed by atoms with Gasteiger partial charge in [-0.2, -0.15) is 5.10 Å². The molecule has 6 heteroatoms. The second kappa shape index (κ2) is 5.08. The van der Waals surface area contributed by atoms with Crippen LogP contribution in [-0.2, 0) is 13.5 Å². The number of benzene rings is 1. The van der Waals surface area contributed by atoms with Crippen LogP contribution < -0.4 is 11.3 Å². The molecule has 1 atom stereocenters. The summed E-state index contributed by atoms with van der Waals surface area (Å²) in [6.45, 7) is 0. The zero-order valence-corrected chi connectivity index (χ0v) is 11.4. The van der Waals surface area contributed by atoms with E-state index < -0.39 is 0 Å². The van der Waals surface area contributed by atoms with E-state index in [1.807, 2.05) is 35.6 Å². The fourth-order valence-electron chi connectivity index (χ4n) is 2.27. The predicted octanol–water partition coefficient (Wildman–Crippen LogP) is 1.78. The molecular weight excluding hydrogens is 258 g/mol. The summed E-state index contributed by atoms with van der Waals surface area (Å²) in [6, 6.07) is 8.27. The first kappa shape index (κ1) is 12.3. The van der Waals surface area contributed by atoms with E-state index in [1.54, 1.807) is 11.3 Å². The molecule has 0 amide bonds. The normalized spacial score (nSPS) is 12.9. The van der Waals surface area contributed by atoms with Crippen LogP contribution in [-0.4, -0.2) is 14.8 Å². The van der Waals surface area contributed by atoms with Gasteiger partial charge in [-0.25, -0.2) is 0 Å². The van der Waals surface area contributed by atoms with Crippen LogP contribution in [0.25, 0.3) is 10.9 Å². The number of nitrogens with one attached hydrogen (secondary N) is 1. The summed E-state index contributed by atoms with van der Waals surface area (Å²) in [5, 5.41) is 5.77. The second-order valence-electron chi connectivity index (χ2n) is 4.41. The minimum absolute atomic E-state index is 0.0470. The van der Waals surface area contributed by atoms with Gasteiger partial charge in [-0.1, -0.05) is 18.2 Å². The number of hydrazine groups is 1. The second-order valence-corrected chi connectivity index (χ2v) is 5.33. The first-order valence-electron chi connectivity index (χ1n) is 6.04. The Morgan fingerprint density at radius 1 is 1.42 bits per heavy atom. The van der Waals surface area contributed by atoms with Crippen LogP contribution in [0.5, 0.6) is 0 Å². The van der Waals surface area contributed by atoms with Gasteiger partial charge in [0.25, 0.3) is 0 Å². The highest BCUT2D eigenvalue weighted by atomic mass is 32.1. The van der Waals surface area contributed by atoms with E-state index in [2.05, 4.69) is 27.6 Å². The van der Waals surface area contributed by atoms with Crippen molar-refractivity contribution >= 4 is 22.2 Å². The number of aromatic nitrogens is 3. The molecule has 0 aliphatic heterocycles. The molecule has 5 nitrogen and oxygen atoms in total. The lowest BCUT2D eigenvalue weighted by atomic mass is 10.1. The third-order valence-electron chi connectivity index (χ3n) is 3.23. The molecule has 0 fully saturated rings. The summed E-state index contributed by atoms with van der Waals surface area (Å²) < 4.78 is 1.91. The summed E-state index contributed by atoms with van der Waals surface area (Å²) in [5.41, 5.74) is 6.85. The summed E-state index contributed by atoms with van der Waals surface area (Å²) >= 11 is 1.60. The van der Waals surface area contributed by atoms with Crippen molar-refractivity contribution in [3.63, 3.8) is 0 Å². The SMILES string of the molecule is Cn1nc(CC(NN)c2cncs2)c2ccccc21. The van der Waals surface area contributed by atoms with E-state index >= 15 is 0 Å². The van der Waals surface area contributed by atoms with Crippen molar-refractivity contribution in [2.45, 2.75) is 12.5 Å². The average Bonchev–Trinajstić information content (AvgIpc) is 3.06. The lowest BCUT2D eigenvalue weighted by molar-refractivity contribution is 0.550. The fraction of sp³-hybridized carbons (Fsp3) is 0.231. The molecule has 2 aromatic heterocycles. The van der Waals surface area contributed by atoms with Gasteiger partial charge in [-0.3, -0.25) is 20.9 Å². The van der Waals surface area contributed by atoms with Crippen molar-refractivity contribution in [3.8, 4) is 0 Å². The highest BCUT2D eigenvalue weighted by Crippen LogP contribution is 2.25. The van der Waals surface area contributed by atoms with E-state index in [4.69, 9.17) is 5.84 Å². The summed E-state index contributed by atoms with van der Waals surface area (Å²) in [7, 11) is 1.96. The highest BCUT2D eigenvalue weighted by molar-refractivity contribution is 7.09. The van der Waals surface area contributed by atoms with E-state index in [1.165, 1.54) is 5.39 Å². The molecular formula is C13H15N5S. The van der Waals surface area contributed by atoms with Crippen molar-refractivity contribution in [3.05, 3.63) is 46.5 Å². The molecule has 0 aliphatic carbocycles. The van der Waals surface area contributed by atoms with Gasteiger partial charge < -0.3 is 0 Å². The van der Waals surface area contributed by atoms with Gasteiger partial charge in [-0.15, -0.1) is 11.3 Å². The summed E-state index contributed by atoms with van der Waals surface area (Å²) in [4.78, 5) is 5.22. The number of hydrogen-bond donors (Lipinski definition) is 2. The minimum atomic E-state index is 0.0470. The van der Waals surface area contributed by atoms with Crippen molar-refractivity contribution in [1.82, 2.24) is 20.2 Å². The molecule has 0 saturated heterocycles. The van der Waals surface area contributed by atoms with Gasteiger partial charge in [0.1, 0.15) is 0 Å². The first-order valence-corrected chi connectivity index (χ1v) is 6.92. The van der Waals surface area contributed by atoms with Crippen molar-refractivity contribution < 1.29 is 0 Å². The summed E-state index contributed by atoms with van der Waals surface area (Å²) in [6.07, 6.45) is 2.60. The lowest BCUT2D eigenvalue weighted by Gasteiger charge is -2.12. The van der Waals surface area contributed by atoms with Gasteiger partial charge in [0.2, 0.25) is 0 Å². The highest BCUT2D eigenvalue weighted by Gasteiger charge is 2.16. The Bertz CT molecular complexity index is 673. The maximum Gasteiger partial charge on any atom is 0.0794 e. The van der Waals surface area contributed by atoms with Gasteiger partial charge in [0.05, 0.1) is 22.8 Å². The molecule has 1 unspecified atom stereocenters. The molecule has 19 heavy (non-hydrogen) atoms. The van der Waals surface area contributed by atoms with E-state index in [-0.39, 0.29) is 6.04 Å². The van der Waals surface area contributed by atoms with Crippen LogP contribution in [0.4, 0.5) is 0 Å². The van der Waals surface area contributed by atoms with E-state index in [0.717, 1.165) is 22.5 Å². The third-order valence-corrected chi connectivity index (χ3v) is 4.12. The van der Waals surface area contributed by atoms with E-state index in [0.29, 0.717) is 0 Å². The summed E-state index contributed by atoms with van der Waals surface area (Å²) in [5.74, 6) is 5.66. The van der Waals surface area contributed by atoms with Crippen LogP contribution in [0.2, 0.25) is 0 Å². The number of aryl methyl sites for hydroxylation is 1. The number of rotatable bonds is 4. The molecule has 98 valence electrons. The predicted molar refractivity (Wildman–Crippen MR) is 76.6 cm³/mol. The number of nitrogens with zero attached hydrogens (tertiary/aromatic N) is 3. The van der Waals surface area contributed by atoms with Crippen molar-refractivity contribution in [2.75, 3.05) is 0 Å². The van der Waals surface area contributed by atoms with Gasteiger partial charge in [0, 0.05) is 29.9 Å². The average molecular weight is 273 g/mol. The maximum absolute atomic E-state index is 5.66. The Kier molecular flexibility index (Phi) is 3.29. The van der Waals surface area contributed by atoms with Crippen LogP contribution in [0.15, 0.2) is 36.0 Å². The first-order chi connectivity index (χ1) is 9.29. The zero-order valence-electron chi connectivity index (χ0n) is 10.6. The number of hydrogen-bond acceptors (Lipinski definition) is 5. The maximum atomic E-state index is 5.66. The van der Waals surface area contributed by atoms with Gasteiger partial charge >= 0.3 is 0 Å². The zero-order chi connectivity index (χ0) is 13.2. The number of thiazole rings is 1. The van der Waals surface area contributed by atoms with Crippen LogP contribution >= 0.6 is 11.3 Å². The molecule has 2 heterocycles. The lowest BCUT2D eigenvalue weighted by Crippen LogP contribution is -2.29. The molecule has 0 spiro atoms. The molecule has 0 radical (unpaired) electrons. The fourth-order valence-corrected chi connectivity index (χ4v) is 2.95. The molecule has 0 bridgehead atoms. The Balaban J connectivity index is 1.97. The monoisotopic (exact) mass is 273 g/mol. The van der Waals surface area contributed by atoms with Crippen LogP contribution in [0.1, 0.15) is 16.6 Å². The molecule has 0 saturated carbocycles. The van der Waals surface area contributed by atoms with Gasteiger partial charge in [0.15, 0.2) is 0 Å². The topological polar surface area (TPSA) is 68.8 Å².